The van der Waals surface area contributed by atoms with E-state index in [0.29, 0.717) is 23.8 Å². The number of aryl methyl sites for hydroxylation is 1. The van der Waals surface area contributed by atoms with Crippen LogP contribution in [-0.2, 0) is 16.6 Å². The molecule has 4 saturated carbocycles. The molecule has 5 aliphatic rings. The smallest absolute Gasteiger partial charge is 0.166 e. The van der Waals surface area contributed by atoms with Crippen LogP contribution in [0.25, 0.3) is 27.5 Å². The Morgan fingerprint density at radius 3 is 2.21 bits per heavy atom. The Labute approximate surface area is 232 Å². The number of allylic oxidation sites excluding steroid dienone is 2. The topological polar surface area (TPSA) is 57.5 Å². The van der Waals surface area contributed by atoms with Crippen LogP contribution in [0.3, 0.4) is 0 Å². The van der Waals surface area contributed by atoms with Crippen molar-refractivity contribution in [3.05, 3.63) is 77.0 Å². The van der Waals surface area contributed by atoms with E-state index in [2.05, 4.69) is 48.5 Å². The fraction of sp³-hybridized carbons (Fsp3) is 0.472. The fourth-order valence-corrected chi connectivity index (χ4v) is 8.97. The maximum absolute atomic E-state index is 12.5. The number of carbonyl (C=O) groups is 1. The molecule has 0 aromatic heterocycles. The van der Waals surface area contributed by atoms with E-state index in [4.69, 9.17) is 0 Å². The lowest BCUT2D eigenvalue weighted by Crippen LogP contribution is -2.38. The van der Waals surface area contributed by atoms with E-state index in [-0.39, 0.29) is 18.1 Å². The highest BCUT2D eigenvalue weighted by Crippen LogP contribution is 2.58. The van der Waals surface area contributed by atoms with E-state index in [9.17, 15) is 15.0 Å². The average Bonchev–Trinajstić information content (AvgIpc) is 3.15. The summed E-state index contributed by atoms with van der Waals surface area (Å²) in [5, 5.41) is 22.3. The second kappa shape index (κ2) is 9.93. The third-order valence-electron chi connectivity index (χ3n) is 10.5. The molecule has 3 aromatic carbocycles. The minimum Gasteiger partial charge on any atom is -0.512 e. The molecule has 4 bridgehead atoms. The zero-order valence-corrected chi connectivity index (χ0v) is 22.9. The normalized spacial score (nSPS) is 28.3. The van der Waals surface area contributed by atoms with Gasteiger partial charge in [-0.1, -0.05) is 42.5 Å². The minimum atomic E-state index is 0.0453. The molecule has 2 N–H and O–H groups in total. The lowest BCUT2D eigenvalue weighted by molar-refractivity contribution is -0.114. The van der Waals surface area contributed by atoms with Gasteiger partial charge in [0, 0.05) is 19.4 Å². The van der Waals surface area contributed by atoms with Crippen LogP contribution in [0.2, 0.25) is 0 Å². The van der Waals surface area contributed by atoms with Crippen molar-refractivity contribution in [2.45, 2.75) is 82.5 Å². The van der Waals surface area contributed by atoms with Crippen LogP contribution in [0.1, 0.15) is 87.3 Å². The molecule has 3 heteroatoms. The summed E-state index contributed by atoms with van der Waals surface area (Å²) >= 11 is 0. The highest BCUT2D eigenvalue weighted by molar-refractivity contribution is 6.22. The molecule has 8 rings (SSSR count). The molecular weight excluding hydrogens is 480 g/mol. The van der Waals surface area contributed by atoms with Crippen LogP contribution < -0.4 is 0 Å². The molecule has 0 aliphatic heterocycles. The first kappa shape index (κ1) is 25.1. The Balaban J connectivity index is 1.27. The number of ketones is 1. The van der Waals surface area contributed by atoms with Crippen molar-refractivity contribution in [3.8, 4) is 11.1 Å². The van der Waals surface area contributed by atoms with E-state index in [1.165, 1.54) is 61.6 Å². The van der Waals surface area contributed by atoms with Gasteiger partial charge in [0.2, 0.25) is 0 Å². The molecule has 39 heavy (non-hydrogen) atoms. The Bertz CT molecular complexity index is 1450. The zero-order valence-electron chi connectivity index (χ0n) is 22.9. The first-order chi connectivity index (χ1) is 19.0. The van der Waals surface area contributed by atoms with E-state index in [1.807, 2.05) is 6.07 Å². The van der Waals surface area contributed by atoms with Crippen molar-refractivity contribution < 1.29 is 15.0 Å². The molecule has 2 unspecified atom stereocenters. The molecular formula is C36H40O3. The van der Waals surface area contributed by atoms with Crippen molar-refractivity contribution in [2.24, 2.45) is 17.8 Å². The Kier molecular flexibility index (Phi) is 6.39. The summed E-state index contributed by atoms with van der Waals surface area (Å²) < 4.78 is 0. The summed E-state index contributed by atoms with van der Waals surface area (Å²) in [6.07, 6.45) is 13.3. The van der Waals surface area contributed by atoms with E-state index >= 15 is 0 Å². The fourth-order valence-electron chi connectivity index (χ4n) is 8.97. The van der Waals surface area contributed by atoms with E-state index < -0.39 is 0 Å². The summed E-state index contributed by atoms with van der Waals surface area (Å²) in [6, 6.07) is 19.9. The largest absolute Gasteiger partial charge is 0.512 e. The molecule has 0 spiro atoms. The average molecular weight is 521 g/mol. The Morgan fingerprint density at radius 2 is 1.46 bits per heavy atom. The molecule has 5 aliphatic carbocycles. The quantitative estimate of drug-likeness (QED) is 0.344. The molecule has 0 heterocycles. The molecule has 0 amide bonds. The standard InChI is InChI=1S/C36H40O3/c37-14-2-3-26-6-7-30(20-32(26)36-13-12-23-15-24(21-36)17-25(16-23)22-36)28-8-9-29-19-31(11-10-27(29)18-28)35-33(38)4-1-5-34(35)39/h6-11,18-20,23-25,37-38H,1-5,12-17,21-22H2. The maximum Gasteiger partial charge on any atom is 0.166 e. The number of hydrogen-bond acceptors (Lipinski definition) is 3. The lowest BCUT2D eigenvalue weighted by Gasteiger charge is -2.46. The number of carbonyl (C=O) groups excluding carboxylic acids is 1. The van der Waals surface area contributed by atoms with Gasteiger partial charge in [-0.15, -0.1) is 0 Å². The number of benzene rings is 3. The highest BCUT2D eigenvalue weighted by atomic mass is 16.3. The van der Waals surface area contributed by atoms with Crippen LogP contribution in [-0.4, -0.2) is 22.6 Å². The van der Waals surface area contributed by atoms with Gasteiger partial charge in [0.25, 0.3) is 0 Å². The predicted molar refractivity (Wildman–Crippen MR) is 158 cm³/mol. The first-order valence-corrected chi connectivity index (χ1v) is 15.3. The van der Waals surface area contributed by atoms with Gasteiger partial charge in [-0.3, -0.25) is 4.79 Å². The molecule has 3 nitrogen and oxygen atoms in total. The van der Waals surface area contributed by atoms with Crippen molar-refractivity contribution in [3.63, 3.8) is 0 Å². The Hall–Kier alpha value is -2.91. The second-order valence-corrected chi connectivity index (χ2v) is 13.1. The highest BCUT2D eigenvalue weighted by Gasteiger charge is 2.48. The van der Waals surface area contributed by atoms with Gasteiger partial charge in [0.1, 0.15) is 5.76 Å². The molecule has 3 aromatic rings. The summed E-state index contributed by atoms with van der Waals surface area (Å²) in [5.41, 5.74) is 7.14. The minimum absolute atomic E-state index is 0.0453. The van der Waals surface area contributed by atoms with Gasteiger partial charge in [-0.05, 0) is 138 Å². The molecule has 202 valence electrons. The van der Waals surface area contributed by atoms with Gasteiger partial charge >= 0.3 is 0 Å². The number of aliphatic hydroxyl groups is 2. The van der Waals surface area contributed by atoms with Crippen LogP contribution in [0.15, 0.2) is 60.4 Å². The summed E-state index contributed by atoms with van der Waals surface area (Å²) in [5.74, 6) is 2.99. The van der Waals surface area contributed by atoms with Gasteiger partial charge < -0.3 is 10.2 Å². The summed E-state index contributed by atoms with van der Waals surface area (Å²) in [6.45, 7) is 0.244. The number of hydrogen-bond donors (Lipinski definition) is 2. The second-order valence-electron chi connectivity index (χ2n) is 13.1. The van der Waals surface area contributed by atoms with Crippen molar-refractivity contribution >= 4 is 22.1 Å². The number of Topliss-reactive ketones (excluding diaryl/α,β-unsaturated/α-hetero) is 1. The monoisotopic (exact) mass is 520 g/mol. The van der Waals surface area contributed by atoms with Crippen molar-refractivity contribution in [1.29, 1.82) is 0 Å². The first-order valence-electron chi connectivity index (χ1n) is 15.3. The molecule has 4 fully saturated rings. The predicted octanol–water partition coefficient (Wildman–Crippen LogP) is 8.31. The molecule has 0 saturated heterocycles. The van der Waals surface area contributed by atoms with E-state index in [0.717, 1.165) is 53.4 Å². The number of rotatable bonds is 6. The van der Waals surface area contributed by atoms with Crippen molar-refractivity contribution in [2.75, 3.05) is 6.61 Å². The number of aliphatic hydroxyl groups excluding tert-OH is 2. The lowest BCUT2D eigenvalue weighted by atomic mass is 9.58. The zero-order chi connectivity index (χ0) is 26.6. The van der Waals surface area contributed by atoms with Crippen LogP contribution in [0.5, 0.6) is 0 Å². The maximum atomic E-state index is 12.5. The van der Waals surface area contributed by atoms with Crippen molar-refractivity contribution in [1.82, 2.24) is 0 Å². The molecule has 2 atom stereocenters. The van der Waals surface area contributed by atoms with Crippen LogP contribution in [0.4, 0.5) is 0 Å². The summed E-state index contributed by atoms with van der Waals surface area (Å²) in [4.78, 5) is 12.5. The van der Waals surface area contributed by atoms with Gasteiger partial charge in [-0.2, -0.15) is 0 Å². The molecule has 0 radical (unpaired) electrons. The SMILES string of the molecule is O=C1CCCC(O)=C1c1ccc2cc(-c3ccc(CCCO)c(C45CCC6CC(CC(C6)C4)C5)c3)ccc2c1. The van der Waals surface area contributed by atoms with Gasteiger partial charge in [-0.25, -0.2) is 0 Å². The third-order valence-corrected chi connectivity index (χ3v) is 10.5. The summed E-state index contributed by atoms with van der Waals surface area (Å²) in [7, 11) is 0. The number of fused-ring (bicyclic) bond motifs is 2. The van der Waals surface area contributed by atoms with Gasteiger partial charge in [0.05, 0.1) is 5.57 Å². The van der Waals surface area contributed by atoms with Gasteiger partial charge in [0.15, 0.2) is 5.78 Å². The Morgan fingerprint density at radius 1 is 0.795 bits per heavy atom. The van der Waals surface area contributed by atoms with E-state index in [1.54, 1.807) is 5.56 Å². The van der Waals surface area contributed by atoms with Crippen LogP contribution >= 0.6 is 0 Å². The third kappa shape index (κ3) is 4.53. The van der Waals surface area contributed by atoms with Crippen LogP contribution in [0, 0.1) is 17.8 Å².